The minimum atomic E-state index is -1.50. The molecule has 0 saturated carbocycles. The fourth-order valence-corrected chi connectivity index (χ4v) is 4.38. The second-order valence-corrected chi connectivity index (χ2v) is 9.26. The van der Waals surface area contributed by atoms with E-state index in [0.29, 0.717) is 19.3 Å². The lowest BCUT2D eigenvalue weighted by Crippen LogP contribution is -2.57. The van der Waals surface area contributed by atoms with E-state index in [1.165, 1.54) is 11.1 Å². The third-order valence-electron chi connectivity index (χ3n) is 5.99. The van der Waals surface area contributed by atoms with Crippen LogP contribution < -0.4 is 16.0 Å². The Labute approximate surface area is 199 Å². The molecule has 0 spiro atoms. The summed E-state index contributed by atoms with van der Waals surface area (Å²) in [4.78, 5) is 37.1. The van der Waals surface area contributed by atoms with Gasteiger partial charge in [0.1, 0.15) is 6.04 Å². The molecule has 0 aliphatic heterocycles. The van der Waals surface area contributed by atoms with Gasteiger partial charge in [-0.3, -0.25) is 9.59 Å². The number of aliphatic hydroxyl groups excluding tert-OH is 1. The molecule has 0 radical (unpaired) electrons. The predicted molar refractivity (Wildman–Crippen MR) is 128 cm³/mol. The Morgan fingerprint density at radius 2 is 1.50 bits per heavy atom. The summed E-state index contributed by atoms with van der Waals surface area (Å²) >= 11 is 0. The lowest BCUT2D eigenvalue weighted by Gasteiger charge is -2.27. The van der Waals surface area contributed by atoms with Crippen LogP contribution >= 0.6 is 0 Å². The van der Waals surface area contributed by atoms with Gasteiger partial charge in [-0.25, -0.2) is 4.79 Å². The van der Waals surface area contributed by atoms with Gasteiger partial charge in [0.2, 0.25) is 5.91 Å². The fourth-order valence-electron chi connectivity index (χ4n) is 4.38. The zero-order valence-electron chi connectivity index (χ0n) is 19.5. The van der Waals surface area contributed by atoms with Gasteiger partial charge in [-0.15, -0.1) is 0 Å². The van der Waals surface area contributed by atoms with E-state index >= 15 is 0 Å². The standard InChI is InChI=1S/C26H33N3O5/c1-16(2)12-22(29-26(33)34)24(31)28-21(13-17-8-4-3-5-9-17)23(30)25(32)27-20-14-18-10-6-7-11-19(18)15-20/h3-11,16,20-23,29-30H,12-15H2,1-2H3,(H,27,32)(H,28,31)(H,33,34)/t21-,22-,23?/m0/s1. The van der Waals surface area contributed by atoms with Gasteiger partial charge in [-0.1, -0.05) is 68.4 Å². The molecular formula is C26H33N3O5. The van der Waals surface area contributed by atoms with Gasteiger partial charge in [-0.2, -0.15) is 0 Å². The smallest absolute Gasteiger partial charge is 0.405 e. The van der Waals surface area contributed by atoms with E-state index in [2.05, 4.69) is 16.0 Å². The number of amides is 3. The summed E-state index contributed by atoms with van der Waals surface area (Å²) in [6.45, 7) is 3.76. The maximum absolute atomic E-state index is 13.0. The zero-order valence-corrected chi connectivity index (χ0v) is 19.5. The van der Waals surface area contributed by atoms with Crippen molar-refractivity contribution < 1.29 is 24.6 Å². The number of hydrogen-bond donors (Lipinski definition) is 5. The molecule has 0 fully saturated rings. The number of carbonyl (C=O) groups excluding carboxylic acids is 2. The van der Waals surface area contributed by atoms with Gasteiger partial charge in [0, 0.05) is 6.04 Å². The summed E-state index contributed by atoms with van der Waals surface area (Å²) in [7, 11) is 0. The number of benzene rings is 2. The molecule has 0 aromatic heterocycles. The molecule has 182 valence electrons. The highest BCUT2D eigenvalue weighted by molar-refractivity contribution is 5.87. The largest absolute Gasteiger partial charge is 0.465 e. The number of nitrogens with one attached hydrogen (secondary N) is 3. The fraction of sp³-hybridized carbons (Fsp3) is 0.423. The highest BCUT2D eigenvalue weighted by Gasteiger charge is 2.33. The lowest BCUT2D eigenvalue weighted by atomic mass is 9.98. The molecule has 0 heterocycles. The first-order chi connectivity index (χ1) is 16.2. The first kappa shape index (κ1) is 25.2. The van der Waals surface area contributed by atoms with Crippen molar-refractivity contribution in [1.29, 1.82) is 0 Å². The van der Waals surface area contributed by atoms with Crippen LogP contribution in [0.3, 0.4) is 0 Å². The summed E-state index contributed by atoms with van der Waals surface area (Å²) in [6, 6.07) is 15.2. The SMILES string of the molecule is CC(C)C[C@H](NC(=O)O)C(=O)N[C@@H](Cc1ccccc1)C(O)C(=O)NC1Cc2ccccc2C1. The Kier molecular flexibility index (Phi) is 8.65. The summed E-state index contributed by atoms with van der Waals surface area (Å²) < 4.78 is 0. The maximum atomic E-state index is 13.0. The minimum absolute atomic E-state index is 0.0624. The van der Waals surface area contributed by atoms with E-state index < -0.39 is 36.1 Å². The lowest BCUT2D eigenvalue weighted by molar-refractivity contribution is -0.133. The van der Waals surface area contributed by atoms with Gasteiger partial charge in [0.25, 0.3) is 5.91 Å². The number of carbonyl (C=O) groups is 3. The number of carboxylic acid groups (broad SMARTS) is 1. The van der Waals surface area contributed by atoms with E-state index in [-0.39, 0.29) is 18.4 Å². The number of aliphatic hydroxyl groups is 1. The molecule has 2 aromatic rings. The van der Waals surface area contributed by atoms with Crippen LogP contribution in [0.4, 0.5) is 4.79 Å². The van der Waals surface area contributed by atoms with Crippen LogP contribution in [-0.4, -0.2) is 52.4 Å². The molecule has 1 aliphatic rings. The van der Waals surface area contributed by atoms with Crippen molar-refractivity contribution in [3.63, 3.8) is 0 Å². The molecule has 1 aliphatic carbocycles. The highest BCUT2D eigenvalue weighted by atomic mass is 16.4. The topological polar surface area (TPSA) is 128 Å². The van der Waals surface area contributed by atoms with Crippen LogP contribution in [0.15, 0.2) is 54.6 Å². The Morgan fingerprint density at radius 1 is 0.912 bits per heavy atom. The van der Waals surface area contributed by atoms with E-state index in [9.17, 15) is 19.5 Å². The molecule has 8 nitrogen and oxygen atoms in total. The monoisotopic (exact) mass is 467 g/mol. The van der Waals surface area contributed by atoms with Gasteiger partial charge >= 0.3 is 6.09 Å². The van der Waals surface area contributed by atoms with Crippen molar-refractivity contribution in [1.82, 2.24) is 16.0 Å². The molecule has 1 unspecified atom stereocenters. The molecule has 8 heteroatoms. The predicted octanol–water partition coefficient (Wildman–Crippen LogP) is 2.04. The van der Waals surface area contributed by atoms with E-state index in [4.69, 9.17) is 5.11 Å². The van der Waals surface area contributed by atoms with E-state index in [1.54, 1.807) is 0 Å². The van der Waals surface area contributed by atoms with E-state index in [1.807, 2.05) is 68.4 Å². The Bertz CT molecular complexity index is 970. The number of hydrogen-bond acceptors (Lipinski definition) is 4. The molecule has 3 rings (SSSR count). The summed E-state index contributed by atoms with van der Waals surface area (Å²) in [6.07, 6.45) is -0.934. The zero-order chi connectivity index (χ0) is 24.7. The third kappa shape index (κ3) is 7.05. The molecule has 0 bridgehead atoms. The molecule has 2 aromatic carbocycles. The quantitative estimate of drug-likeness (QED) is 0.365. The van der Waals surface area contributed by atoms with Crippen molar-refractivity contribution in [2.45, 2.75) is 63.8 Å². The van der Waals surface area contributed by atoms with Crippen LogP contribution in [-0.2, 0) is 28.9 Å². The van der Waals surface area contributed by atoms with Crippen molar-refractivity contribution in [3.8, 4) is 0 Å². The Balaban J connectivity index is 1.71. The molecule has 0 saturated heterocycles. The van der Waals surface area contributed by atoms with Crippen molar-refractivity contribution in [2.24, 2.45) is 5.92 Å². The van der Waals surface area contributed by atoms with Gasteiger partial charge in [0.05, 0.1) is 6.04 Å². The summed E-state index contributed by atoms with van der Waals surface area (Å²) in [5, 5.41) is 28.0. The van der Waals surface area contributed by atoms with Crippen LogP contribution in [0.1, 0.15) is 37.0 Å². The summed E-state index contributed by atoms with van der Waals surface area (Å²) in [5.41, 5.74) is 3.18. The van der Waals surface area contributed by atoms with Crippen LogP contribution in [0.5, 0.6) is 0 Å². The Morgan fingerprint density at radius 3 is 2.06 bits per heavy atom. The molecular weight excluding hydrogens is 434 g/mol. The highest BCUT2D eigenvalue weighted by Crippen LogP contribution is 2.22. The van der Waals surface area contributed by atoms with Crippen molar-refractivity contribution >= 4 is 17.9 Å². The van der Waals surface area contributed by atoms with Gasteiger partial charge in [0.15, 0.2) is 6.10 Å². The number of rotatable bonds is 10. The van der Waals surface area contributed by atoms with Crippen molar-refractivity contribution in [3.05, 3.63) is 71.3 Å². The summed E-state index contributed by atoms with van der Waals surface area (Å²) in [5.74, 6) is -1.07. The van der Waals surface area contributed by atoms with Crippen LogP contribution in [0.2, 0.25) is 0 Å². The Hall–Kier alpha value is -3.39. The van der Waals surface area contributed by atoms with Crippen LogP contribution in [0, 0.1) is 5.92 Å². The second kappa shape index (κ2) is 11.7. The average Bonchev–Trinajstić information content (AvgIpc) is 3.20. The first-order valence-corrected chi connectivity index (χ1v) is 11.6. The minimum Gasteiger partial charge on any atom is -0.465 e. The maximum Gasteiger partial charge on any atom is 0.405 e. The van der Waals surface area contributed by atoms with Crippen molar-refractivity contribution in [2.75, 3.05) is 0 Å². The molecule has 5 N–H and O–H groups in total. The van der Waals surface area contributed by atoms with E-state index in [0.717, 1.165) is 5.56 Å². The molecule has 3 amide bonds. The van der Waals surface area contributed by atoms with Crippen LogP contribution in [0.25, 0.3) is 0 Å². The van der Waals surface area contributed by atoms with Gasteiger partial charge < -0.3 is 26.2 Å². The number of fused-ring (bicyclic) bond motifs is 1. The molecule has 3 atom stereocenters. The second-order valence-electron chi connectivity index (χ2n) is 9.26. The molecule has 34 heavy (non-hydrogen) atoms. The average molecular weight is 468 g/mol. The van der Waals surface area contributed by atoms with Gasteiger partial charge in [-0.05, 0) is 48.3 Å². The normalized spacial score (nSPS) is 15.8. The third-order valence-corrected chi connectivity index (χ3v) is 5.99. The first-order valence-electron chi connectivity index (χ1n) is 11.6.